The monoisotopic (exact) mass is 183 g/mol. The molecule has 1 N–H and O–H groups in total. The van der Waals surface area contributed by atoms with Crippen molar-refractivity contribution in [2.45, 2.75) is 38.5 Å². The van der Waals surface area contributed by atoms with Crippen LogP contribution in [0, 0.1) is 4.84 Å². The first-order valence-corrected chi connectivity index (χ1v) is 4.82. The van der Waals surface area contributed by atoms with Crippen LogP contribution in [0.3, 0.4) is 0 Å². The Bertz CT molecular complexity index is 308. The van der Waals surface area contributed by atoms with Crippen molar-refractivity contribution in [1.29, 1.82) is 0 Å². The van der Waals surface area contributed by atoms with Crippen molar-refractivity contribution in [1.82, 2.24) is 4.98 Å². The van der Waals surface area contributed by atoms with Gasteiger partial charge in [0.25, 0.3) is 4.84 Å². The number of aromatic nitrogens is 1. The number of hydrogen-bond donors (Lipinski definition) is 1. The SMILES string of the molecule is CC1CCC(C)c2oc(=S)[nH]c21. The summed E-state index contributed by atoms with van der Waals surface area (Å²) in [4.78, 5) is 3.65. The van der Waals surface area contributed by atoms with Crippen molar-refractivity contribution in [3.05, 3.63) is 16.3 Å². The topological polar surface area (TPSA) is 28.9 Å². The third kappa shape index (κ3) is 1.12. The van der Waals surface area contributed by atoms with Gasteiger partial charge in [-0.25, -0.2) is 0 Å². The summed E-state index contributed by atoms with van der Waals surface area (Å²) in [5, 5.41) is 0. The number of aromatic amines is 1. The minimum Gasteiger partial charge on any atom is -0.434 e. The lowest BCUT2D eigenvalue weighted by Gasteiger charge is -2.21. The summed E-state index contributed by atoms with van der Waals surface area (Å²) in [6.45, 7) is 4.41. The van der Waals surface area contributed by atoms with Gasteiger partial charge < -0.3 is 9.40 Å². The third-order valence-electron chi connectivity index (χ3n) is 2.68. The molecule has 0 aromatic carbocycles. The van der Waals surface area contributed by atoms with Crippen molar-refractivity contribution in [2.24, 2.45) is 0 Å². The molecule has 2 rings (SSSR count). The van der Waals surface area contributed by atoms with Crippen LogP contribution in [-0.4, -0.2) is 4.98 Å². The number of H-pyrrole nitrogens is 1. The predicted octanol–water partition coefficient (Wildman–Crippen LogP) is 3.34. The van der Waals surface area contributed by atoms with E-state index in [1.807, 2.05) is 0 Å². The van der Waals surface area contributed by atoms with E-state index in [4.69, 9.17) is 16.6 Å². The highest BCUT2D eigenvalue weighted by Gasteiger charge is 2.25. The zero-order valence-corrected chi connectivity index (χ0v) is 8.20. The molecule has 1 heterocycles. The lowest BCUT2D eigenvalue weighted by Crippen LogP contribution is -2.08. The van der Waals surface area contributed by atoms with E-state index in [1.165, 1.54) is 18.5 Å². The molecule has 2 atom stereocenters. The van der Waals surface area contributed by atoms with Crippen LogP contribution < -0.4 is 0 Å². The number of nitrogens with one attached hydrogen (secondary N) is 1. The van der Waals surface area contributed by atoms with Gasteiger partial charge in [-0.15, -0.1) is 0 Å². The average molecular weight is 183 g/mol. The molecular weight excluding hydrogens is 170 g/mol. The molecule has 0 aliphatic heterocycles. The Kier molecular flexibility index (Phi) is 1.83. The fraction of sp³-hybridized carbons (Fsp3) is 0.667. The molecule has 0 radical (unpaired) electrons. The second-order valence-electron chi connectivity index (χ2n) is 3.67. The summed E-state index contributed by atoms with van der Waals surface area (Å²) in [6, 6.07) is 0. The largest absolute Gasteiger partial charge is 0.434 e. The molecule has 12 heavy (non-hydrogen) atoms. The molecule has 0 saturated heterocycles. The molecule has 1 aromatic heterocycles. The van der Waals surface area contributed by atoms with E-state index >= 15 is 0 Å². The smallest absolute Gasteiger partial charge is 0.266 e. The van der Waals surface area contributed by atoms with E-state index in [0.717, 1.165) is 5.76 Å². The summed E-state index contributed by atoms with van der Waals surface area (Å²) in [5.74, 6) is 2.19. The van der Waals surface area contributed by atoms with Crippen LogP contribution in [0.2, 0.25) is 0 Å². The molecule has 1 aromatic rings. The van der Waals surface area contributed by atoms with E-state index in [9.17, 15) is 0 Å². The Morgan fingerprint density at radius 3 is 2.67 bits per heavy atom. The maximum atomic E-state index is 5.45. The second-order valence-corrected chi connectivity index (χ2v) is 4.04. The molecule has 0 fully saturated rings. The zero-order chi connectivity index (χ0) is 8.72. The minimum atomic E-state index is 0.528. The van der Waals surface area contributed by atoms with Gasteiger partial charge in [-0.05, 0) is 31.0 Å². The Labute approximate surface area is 77.0 Å². The molecule has 1 aliphatic rings. The van der Waals surface area contributed by atoms with Crippen LogP contribution in [0.5, 0.6) is 0 Å². The highest BCUT2D eigenvalue weighted by Crippen LogP contribution is 2.37. The fourth-order valence-electron chi connectivity index (χ4n) is 1.86. The van der Waals surface area contributed by atoms with E-state index in [2.05, 4.69) is 18.8 Å². The quantitative estimate of drug-likeness (QED) is 0.625. The van der Waals surface area contributed by atoms with Crippen LogP contribution >= 0.6 is 12.2 Å². The van der Waals surface area contributed by atoms with Crippen molar-refractivity contribution in [3.8, 4) is 0 Å². The first-order valence-electron chi connectivity index (χ1n) is 4.41. The van der Waals surface area contributed by atoms with Crippen LogP contribution in [-0.2, 0) is 0 Å². The standard InChI is InChI=1S/C9H13NOS/c1-5-3-4-6(2)8-7(5)10-9(12)11-8/h5-6H,3-4H2,1-2H3,(H,10,12). The van der Waals surface area contributed by atoms with Gasteiger partial charge in [0, 0.05) is 5.92 Å². The predicted molar refractivity (Wildman–Crippen MR) is 50.0 cm³/mol. The van der Waals surface area contributed by atoms with E-state index in [1.54, 1.807) is 0 Å². The van der Waals surface area contributed by atoms with E-state index in [0.29, 0.717) is 16.7 Å². The molecule has 66 valence electrons. The lowest BCUT2D eigenvalue weighted by atomic mass is 9.85. The van der Waals surface area contributed by atoms with Gasteiger partial charge in [-0.1, -0.05) is 13.8 Å². The van der Waals surface area contributed by atoms with Crippen molar-refractivity contribution < 1.29 is 4.42 Å². The molecule has 0 spiro atoms. The molecule has 0 bridgehead atoms. The van der Waals surface area contributed by atoms with Crippen molar-refractivity contribution in [2.75, 3.05) is 0 Å². The van der Waals surface area contributed by atoms with Gasteiger partial charge in [-0.2, -0.15) is 0 Å². The molecule has 2 nitrogen and oxygen atoms in total. The van der Waals surface area contributed by atoms with Crippen LogP contribution in [0.1, 0.15) is 50.0 Å². The number of hydrogen-bond acceptors (Lipinski definition) is 2. The van der Waals surface area contributed by atoms with Crippen LogP contribution in [0.4, 0.5) is 0 Å². The highest BCUT2D eigenvalue weighted by atomic mass is 32.1. The number of fused-ring (bicyclic) bond motifs is 1. The summed E-state index contributed by atoms with van der Waals surface area (Å²) >= 11 is 4.96. The number of rotatable bonds is 0. The zero-order valence-electron chi connectivity index (χ0n) is 7.39. The molecule has 1 aliphatic carbocycles. The molecule has 0 saturated carbocycles. The Balaban J connectivity index is 2.54. The average Bonchev–Trinajstić information content (AvgIpc) is 2.41. The summed E-state index contributed by atoms with van der Waals surface area (Å²) in [6.07, 6.45) is 2.45. The first-order chi connectivity index (χ1) is 5.68. The summed E-state index contributed by atoms with van der Waals surface area (Å²) in [7, 11) is 0. The molecule has 2 unspecified atom stereocenters. The van der Waals surface area contributed by atoms with E-state index in [-0.39, 0.29) is 0 Å². The summed E-state index contributed by atoms with van der Waals surface area (Å²) in [5.41, 5.74) is 1.22. The third-order valence-corrected chi connectivity index (χ3v) is 2.86. The lowest BCUT2D eigenvalue weighted by molar-refractivity contribution is 0.407. The maximum absolute atomic E-state index is 5.45. The minimum absolute atomic E-state index is 0.528. The van der Waals surface area contributed by atoms with Gasteiger partial charge in [0.05, 0.1) is 5.69 Å². The molecule has 0 amide bonds. The number of oxazole rings is 1. The normalized spacial score (nSPS) is 28.5. The molecule has 3 heteroatoms. The molecular formula is C9H13NOS. The Hall–Kier alpha value is -0.570. The second kappa shape index (κ2) is 2.73. The van der Waals surface area contributed by atoms with E-state index < -0.39 is 0 Å². The van der Waals surface area contributed by atoms with Gasteiger partial charge in [0.1, 0.15) is 5.76 Å². The Morgan fingerprint density at radius 2 is 2.00 bits per heavy atom. The fourth-order valence-corrected chi connectivity index (χ4v) is 2.06. The maximum Gasteiger partial charge on any atom is 0.266 e. The van der Waals surface area contributed by atoms with Gasteiger partial charge in [0.2, 0.25) is 0 Å². The highest BCUT2D eigenvalue weighted by molar-refractivity contribution is 7.71. The van der Waals surface area contributed by atoms with Gasteiger partial charge in [0.15, 0.2) is 0 Å². The van der Waals surface area contributed by atoms with Crippen LogP contribution in [0.25, 0.3) is 0 Å². The Morgan fingerprint density at radius 1 is 1.33 bits per heavy atom. The van der Waals surface area contributed by atoms with Crippen LogP contribution in [0.15, 0.2) is 4.42 Å². The first kappa shape index (κ1) is 8.05. The van der Waals surface area contributed by atoms with Gasteiger partial charge in [-0.3, -0.25) is 0 Å². The van der Waals surface area contributed by atoms with Crippen molar-refractivity contribution in [3.63, 3.8) is 0 Å². The van der Waals surface area contributed by atoms with Gasteiger partial charge >= 0.3 is 0 Å². The van der Waals surface area contributed by atoms with Crippen molar-refractivity contribution >= 4 is 12.2 Å². The summed E-state index contributed by atoms with van der Waals surface area (Å²) < 4.78 is 5.45.